The van der Waals surface area contributed by atoms with Gasteiger partial charge in [-0.1, -0.05) is 0 Å². The van der Waals surface area contributed by atoms with Crippen molar-refractivity contribution >= 4 is 17.4 Å². The molecule has 2 rings (SSSR count). The largest absolute Gasteiger partial charge is 0.372 e. The van der Waals surface area contributed by atoms with E-state index >= 15 is 0 Å². The lowest BCUT2D eigenvalue weighted by atomic mass is 10.3. The van der Waals surface area contributed by atoms with Gasteiger partial charge in [0.25, 0.3) is 5.91 Å². The number of anilines is 2. The molecule has 0 spiro atoms. The SMILES string of the molecule is CNc1cnc(C(=O)N(C)c2cccnc2)cn1. The number of hydrogen-bond acceptors (Lipinski definition) is 5. The van der Waals surface area contributed by atoms with Crippen LogP contribution in [0.2, 0.25) is 0 Å². The maximum atomic E-state index is 12.1. The number of hydrogen-bond donors (Lipinski definition) is 1. The maximum absolute atomic E-state index is 12.1. The normalized spacial score (nSPS) is 9.89. The van der Waals surface area contributed by atoms with Gasteiger partial charge in [0, 0.05) is 20.3 Å². The Morgan fingerprint density at radius 3 is 2.67 bits per heavy atom. The van der Waals surface area contributed by atoms with Crippen LogP contribution in [0.15, 0.2) is 36.9 Å². The number of nitrogens with one attached hydrogen (secondary N) is 1. The van der Waals surface area contributed by atoms with Crippen LogP contribution in [-0.4, -0.2) is 35.0 Å². The molecule has 2 aromatic rings. The molecule has 2 heterocycles. The van der Waals surface area contributed by atoms with Crippen molar-refractivity contribution in [3.8, 4) is 0 Å². The molecule has 0 saturated heterocycles. The Morgan fingerprint density at radius 1 is 1.28 bits per heavy atom. The van der Waals surface area contributed by atoms with Crippen LogP contribution < -0.4 is 10.2 Å². The van der Waals surface area contributed by atoms with Gasteiger partial charge in [0.2, 0.25) is 0 Å². The molecule has 6 heteroatoms. The van der Waals surface area contributed by atoms with Crippen molar-refractivity contribution in [1.29, 1.82) is 0 Å². The van der Waals surface area contributed by atoms with E-state index in [1.54, 1.807) is 38.6 Å². The van der Waals surface area contributed by atoms with Crippen LogP contribution in [0.1, 0.15) is 10.5 Å². The van der Waals surface area contributed by atoms with E-state index in [-0.39, 0.29) is 5.91 Å². The molecule has 0 bridgehead atoms. The molecule has 0 aliphatic rings. The van der Waals surface area contributed by atoms with Crippen molar-refractivity contribution in [2.45, 2.75) is 0 Å². The molecule has 18 heavy (non-hydrogen) atoms. The van der Waals surface area contributed by atoms with Crippen LogP contribution in [0, 0.1) is 0 Å². The third kappa shape index (κ3) is 2.42. The number of nitrogens with zero attached hydrogens (tertiary/aromatic N) is 4. The summed E-state index contributed by atoms with van der Waals surface area (Å²) in [5.41, 5.74) is 1.00. The number of carbonyl (C=O) groups is 1. The van der Waals surface area contributed by atoms with Crippen molar-refractivity contribution in [3.63, 3.8) is 0 Å². The van der Waals surface area contributed by atoms with Gasteiger partial charge in [0.1, 0.15) is 11.5 Å². The average molecular weight is 243 g/mol. The molecule has 2 aromatic heterocycles. The Balaban J connectivity index is 2.20. The summed E-state index contributed by atoms with van der Waals surface area (Å²) >= 11 is 0. The number of aromatic nitrogens is 3. The zero-order valence-electron chi connectivity index (χ0n) is 10.2. The lowest BCUT2D eigenvalue weighted by molar-refractivity contribution is 0.0988. The summed E-state index contributed by atoms with van der Waals surface area (Å²) in [4.78, 5) is 25.7. The molecule has 0 aromatic carbocycles. The molecular weight excluding hydrogens is 230 g/mol. The quantitative estimate of drug-likeness (QED) is 0.876. The maximum Gasteiger partial charge on any atom is 0.278 e. The molecule has 0 saturated carbocycles. The Bertz CT molecular complexity index is 526. The molecule has 0 aliphatic carbocycles. The van der Waals surface area contributed by atoms with Crippen LogP contribution in [-0.2, 0) is 0 Å². The molecule has 0 radical (unpaired) electrons. The second kappa shape index (κ2) is 5.22. The fraction of sp³-hybridized carbons (Fsp3) is 0.167. The monoisotopic (exact) mass is 243 g/mol. The lowest BCUT2D eigenvalue weighted by Crippen LogP contribution is -2.27. The summed E-state index contributed by atoms with van der Waals surface area (Å²) in [6, 6.07) is 3.58. The van der Waals surface area contributed by atoms with Gasteiger partial charge in [-0.25, -0.2) is 9.97 Å². The zero-order valence-corrected chi connectivity index (χ0v) is 10.2. The van der Waals surface area contributed by atoms with Crippen molar-refractivity contribution in [3.05, 3.63) is 42.6 Å². The molecule has 92 valence electrons. The second-order valence-corrected chi connectivity index (χ2v) is 3.61. The first kappa shape index (κ1) is 12.0. The topological polar surface area (TPSA) is 71.0 Å². The molecule has 6 nitrogen and oxygen atoms in total. The van der Waals surface area contributed by atoms with Gasteiger partial charge in [-0.3, -0.25) is 9.78 Å². The first-order valence-corrected chi connectivity index (χ1v) is 5.40. The van der Waals surface area contributed by atoms with E-state index < -0.39 is 0 Å². The van der Waals surface area contributed by atoms with Gasteiger partial charge >= 0.3 is 0 Å². The van der Waals surface area contributed by atoms with E-state index in [1.807, 2.05) is 0 Å². The molecular formula is C12H13N5O. The van der Waals surface area contributed by atoms with Gasteiger partial charge < -0.3 is 10.2 Å². The van der Waals surface area contributed by atoms with E-state index in [4.69, 9.17) is 0 Å². The Labute approximate surface area is 105 Å². The first-order chi connectivity index (χ1) is 8.72. The fourth-order valence-electron chi connectivity index (χ4n) is 1.41. The summed E-state index contributed by atoms with van der Waals surface area (Å²) in [5, 5.41) is 2.85. The Hall–Kier alpha value is -2.50. The zero-order chi connectivity index (χ0) is 13.0. The smallest absolute Gasteiger partial charge is 0.278 e. The fourth-order valence-corrected chi connectivity index (χ4v) is 1.41. The number of carbonyl (C=O) groups excluding carboxylic acids is 1. The van der Waals surface area contributed by atoms with Gasteiger partial charge in [-0.05, 0) is 12.1 Å². The summed E-state index contributed by atoms with van der Waals surface area (Å²) in [5.74, 6) is 0.397. The minimum atomic E-state index is -0.224. The van der Waals surface area contributed by atoms with E-state index in [1.165, 1.54) is 17.3 Å². The molecule has 1 N–H and O–H groups in total. The predicted molar refractivity (Wildman–Crippen MR) is 68.5 cm³/mol. The summed E-state index contributed by atoms with van der Waals surface area (Å²) < 4.78 is 0. The third-order valence-electron chi connectivity index (χ3n) is 2.46. The summed E-state index contributed by atoms with van der Waals surface area (Å²) in [6.45, 7) is 0. The standard InChI is InChI=1S/C12H13N5O/c1-13-11-8-15-10(7-16-11)12(18)17(2)9-4-3-5-14-6-9/h3-8H,1-2H3,(H,13,16). The third-order valence-corrected chi connectivity index (χ3v) is 2.46. The molecule has 0 atom stereocenters. The highest BCUT2D eigenvalue weighted by molar-refractivity contribution is 6.04. The van der Waals surface area contributed by atoms with E-state index in [0.717, 1.165) is 0 Å². The minimum absolute atomic E-state index is 0.224. The van der Waals surface area contributed by atoms with Crippen LogP contribution >= 0.6 is 0 Å². The Morgan fingerprint density at radius 2 is 2.11 bits per heavy atom. The molecule has 0 aliphatic heterocycles. The predicted octanol–water partition coefficient (Wildman–Crippen LogP) is 1.19. The lowest BCUT2D eigenvalue weighted by Gasteiger charge is -2.15. The highest BCUT2D eigenvalue weighted by Crippen LogP contribution is 2.12. The van der Waals surface area contributed by atoms with E-state index in [2.05, 4.69) is 20.3 Å². The highest BCUT2D eigenvalue weighted by atomic mass is 16.2. The van der Waals surface area contributed by atoms with Crippen LogP contribution in [0.4, 0.5) is 11.5 Å². The van der Waals surface area contributed by atoms with Gasteiger partial charge in [0.15, 0.2) is 0 Å². The second-order valence-electron chi connectivity index (χ2n) is 3.61. The summed E-state index contributed by atoms with van der Waals surface area (Å²) in [6.07, 6.45) is 6.24. The molecule has 0 fully saturated rings. The minimum Gasteiger partial charge on any atom is -0.372 e. The molecule has 0 unspecified atom stereocenters. The van der Waals surface area contributed by atoms with E-state index in [0.29, 0.717) is 17.2 Å². The van der Waals surface area contributed by atoms with Gasteiger partial charge in [-0.15, -0.1) is 0 Å². The van der Waals surface area contributed by atoms with Crippen LogP contribution in [0.3, 0.4) is 0 Å². The summed E-state index contributed by atoms with van der Waals surface area (Å²) in [7, 11) is 3.42. The Kier molecular flexibility index (Phi) is 3.47. The highest BCUT2D eigenvalue weighted by Gasteiger charge is 2.15. The van der Waals surface area contributed by atoms with Gasteiger partial charge in [-0.2, -0.15) is 0 Å². The van der Waals surface area contributed by atoms with Crippen LogP contribution in [0.25, 0.3) is 0 Å². The average Bonchev–Trinajstić information content (AvgIpc) is 2.47. The number of pyridine rings is 1. The number of amides is 1. The molecule has 1 amide bonds. The first-order valence-electron chi connectivity index (χ1n) is 5.40. The van der Waals surface area contributed by atoms with Crippen molar-refractivity contribution < 1.29 is 4.79 Å². The van der Waals surface area contributed by atoms with Crippen molar-refractivity contribution in [1.82, 2.24) is 15.0 Å². The van der Waals surface area contributed by atoms with Gasteiger partial charge in [0.05, 0.1) is 24.3 Å². The number of rotatable bonds is 3. The van der Waals surface area contributed by atoms with Crippen LogP contribution in [0.5, 0.6) is 0 Å². The van der Waals surface area contributed by atoms with Crippen molar-refractivity contribution in [2.75, 3.05) is 24.3 Å². The van der Waals surface area contributed by atoms with Crippen molar-refractivity contribution in [2.24, 2.45) is 0 Å². The van der Waals surface area contributed by atoms with E-state index in [9.17, 15) is 4.79 Å².